The predicted molar refractivity (Wildman–Crippen MR) is 119 cm³/mol. The van der Waals surface area contributed by atoms with Crippen molar-refractivity contribution in [3.8, 4) is 0 Å². The van der Waals surface area contributed by atoms with E-state index in [0.29, 0.717) is 6.54 Å². The van der Waals surface area contributed by atoms with Gasteiger partial charge in [0, 0.05) is 18.2 Å². The van der Waals surface area contributed by atoms with Crippen molar-refractivity contribution in [2.75, 3.05) is 11.9 Å². The highest BCUT2D eigenvalue weighted by Gasteiger charge is 2.21. The minimum absolute atomic E-state index is 0.0463. The lowest BCUT2D eigenvalue weighted by Crippen LogP contribution is -2.26. The highest BCUT2D eigenvalue weighted by Crippen LogP contribution is 2.27. The van der Waals surface area contributed by atoms with Crippen LogP contribution >= 0.6 is 0 Å². The molecule has 0 fully saturated rings. The van der Waals surface area contributed by atoms with Crippen molar-refractivity contribution in [3.63, 3.8) is 0 Å². The van der Waals surface area contributed by atoms with E-state index in [9.17, 15) is 5.11 Å². The van der Waals surface area contributed by atoms with Crippen molar-refractivity contribution in [2.45, 2.75) is 45.6 Å². The lowest BCUT2D eigenvalue weighted by molar-refractivity contribution is 0.137. The summed E-state index contributed by atoms with van der Waals surface area (Å²) in [7, 11) is 0. The largest absolute Gasteiger partial charge is 0.392 e. The average molecular weight is 374 g/mol. The first-order valence-corrected chi connectivity index (χ1v) is 10.1. The molecule has 0 heterocycles. The summed E-state index contributed by atoms with van der Waals surface area (Å²) in [5, 5.41) is 14.7. The Hall–Kier alpha value is -2.58. The van der Waals surface area contributed by atoms with Crippen LogP contribution in [0.15, 0.2) is 72.8 Å². The van der Waals surface area contributed by atoms with Gasteiger partial charge in [-0.25, -0.2) is 0 Å². The van der Waals surface area contributed by atoms with E-state index < -0.39 is 6.10 Å². The van der Waals surface area contributed by atoms with Gasteiger partial charge in [0.05, 0.1) is 6.10 Å². The van der Waals surface area contributed by atoms with Gasteiger partial charge in [-0.3, -0.25) is 0 Å². The Labute approximate surface area is 169 Å². The molecule has 2 N–H and O–H groups in total. The Morgan fingerprint density at radius 3 is 2.00 bits per heavy atom. The molecule has 0 spiro atoms. The van der Waals surface area contributed by atoms with Crippen LogP contribution in [0.4, 0.5) is 5.69 Å². The van der Waals surface area contributed by atoms with Gasteiger partial charge < -0.3 is 10.4 Å². The highest BCUT2D eigenvalue weighted by molar-refractivity contribution is 5.58. The molecule has 146 valence electrons. The van der Waals surface area contributed by atoms with Crippen LogP contribution < -0.4 is 5.32 Å². The summed E-state index contributed by atoms with van der Waals surface area (Å²) in [4.78, 5) is 0. The van der Waals surface area contributed by atoms with Gasteiger partial charge in [0.25, 0.3) is 0 Å². The van der Waals surface area contributed by atoms with Gasteiger partial charge in [-0.05, 0) is 55.9 Å². The molecule has 0 bridgehead atoms. The van der Waals surface area contributed by atoms with Crippen molar-refractivity contribution < 1.29 is 5.11 Å². The number of nitrogens with one attached hydrogen (secondary N) is 1. The summed E-state index contributed by atoms with van der Waals surface area (Å²) < 4.78 is 0. The first-order chi connectivity index (χ1) is 13.5. The number of hydrogen-bond donors (Lipinski definition) is 2. The molecule has 0 aliphatic rings. The normalized spacial score (nSPS) is 13.1. The standard InChI is InChI=1S/C26H31NO/c1-19-16-20(2)26(21(3)17-19)27-18-24(23-12-8-5-9-13-23)25(28)15-14-22-10-6-4-7-11-22/h4-13,16-17,24-25,27-28H,14-15,18H2,1-3H3. The maximum atomic E-state index is 11.0. The van der Waals surface area contributed by atoms with Crippen molar-refractivity contribution in [3.05, 3.63) is 101 Å². The fourth-order valence-corrected chi connectivity index (χ4v) is 4.01. The van der Waals surface area contributed by atoms with Crippen molar-refractivity contribution in [1.29, 1.82) is 0 Å². The Morgan fingerprint density at radius 1 is 0.821 bits per heavy atom. The number of hydrogen-bond acceptors (Lipinski definition) is 2. The topological polar surface area (TPSA) is 32.3 Å². The molecule has 0 aliphatic heterocycles. The van der Waals surface area contributed by atoms with Crippen molar-refractivity contribution >= 4 is 5.69 Å². The number of aliphatic hydroxyl groups excluding tert-OH is 1. The molecule has 2 atom stereocenters. The molecule has 0 saturated carbocycles. The zero-order chi connectivity index (χ0) is 19.9. The van der Waals surface area contributed by atoms with Crippen LogP contribution in [-0.2, 0) is 6.42 Å². The molecule has 28 heavy (non-hydrogen) atoms. The zero-order valence-electron chi connectivity index (χ0n) is 17.2. The minimum Gasteiger partial charge on any atom is -0.392 e. The van der Waals surface area contributed by atoms with Crippen LogP contribution in [0, 0.1) is 20.8 Å². The molecule has 0 radical (unpaired) electrons. The first-order valence-electron chi connectivity index (χ1n) is 10.1. The summed E-state index contributed by atoms with van der Waals surface area (Å²) in [5.74, 6) is 0.0463. The van der Waals surface area contributed by atoms with Gasteiger partial charge in [0.1, 0.15) is 0 Å². The average Bonchev–Trinajstić information content (AvgIpc) is 2.69. The van der Waals surface area contributed by atoms with Crippen LogP contribution in [0.5, 0.6) is 0 Å². The van der Waals surface area contributed by atoms with E-state index in [0.717, 1.165) is 12.8 Å². The van der Waals surface area contributed by atoms with Crippen LogP contribution in [0.2, 0.25) is 0 Å². The molecular formula is C26H31NO. The third kappa shape index (κ3) is 5.24. The molecule has 3 rings (SSSR count). The van der Waals surface area contributed by atoms with Gasteiger partial charge in [-0.1, -0.05) is 78.4 Å². The lowest BCUT2D eigenvalue weighted by Gasteiger charge is -2.25. The quantitative estimate of drug-likeness (QED) is 0.523. The van der Waals surface area contributed by atoms with Crippen LogP contribution in [0.25, 0.3) is 0 Å². The second kappa shape index (κ2) is 9.57. The Morgan fingerprint density at radius 2 is 1.39 bits per heavy atom. The Kier molecular flexibility index (Phi) is 6.89. The van der Waals surface area contributed by atoms with Gasteiger partial charge in [-0.2, -0.15) is 0 Å². The summed E-state index contributed by atoms with van der Waals surface area (Å²) in [5.41, 5.74) is 7.42. The van der Waals surface area contributed by atoms with E-state index in [-0.39, 0.29) is 5.92 Å². The van der Waals surface area contributed by atoms with Crippen LogP contribution in [-0.4, -0.2) is 17.8 Å². The SMILES string of the molecule is Cc1cc(C)c(NCC(c2ccccc2)C(O)CCc2ccccc2)c(C)c1. The first kappa shape index (κ1) is 20.2. The summed E-state index contributed by atoms with van der Waals surface area (Å²) >= 11 is 0. The van der Waals surface area contributed by atoms with Crippen LogP contribution in [0.1, 0.15) is 40.2 Å². The van der Waals surface area contributed by atoms with Gasteiger partial charge in [0.15, 0.2) is 0 Å². The number of aryl methyl sites for hydroxylation is 4. The molecule has 0 aliphatic carbocycles. The second-order valence-corrected chi connectivity index (χ2v) is 7.76. The number of benzene rings is 3. The predicted octanol–water partition coefficient (Wildman–Crippen LogP) is 5.80. The monoisotopic (exact) mass is 373 g/mol. The molecule has 2 unspecified atom stereocenters. The van der Waals surface area contributed by atoms with E-state index >= 15 is 0 Å². The zero-order valence-corrected chi connectivity index (χ0v) is 17.2. The van der Waals surface area contributed by atoms with Crippen molar-refractivity contribution in [1.82, 2.24) is 0 Å². The van der Waals surface area contributed by atoms with E-state index in [2.05, 4.69) is 86.8 Å². The number of aliphatic hydroxyl groups is 1. The fourth-order valence-electron chi connectivity index (χ4n) is 4.01. The molecule has 3 aromatic rings. The minimum atomic E-state index is -0.402. The van der Waals surface area contributed by atoms with Gasteiger partial charge in [0.2, 0.25) is 0 Å². The van der Waals surface area contributed by atoms with E-state index in [1.807, 2.05) is 12.1 Å². The second-order valence-electron chi connectivity index (χ2n) is 7.76. The molecule has 0 saturated heterocycles. The number of anilines is 1. The molecule has 2 heteroatoms. The van der Waals surface area contributed by atoms with Gasteiger partial charge in [-0.15, -0.1) is 0 Å². The molecule has 0 aromatic heterocycles. The summed E-state index contributed by atoms with van der Waals surface area (Å²) in [6.07, 6.45) is 1.23. The molecule has 2 nitrogen and oxygen atoms in total. The maximum Gasteiger partial charge on any atom is 0.0628 e. The van der Waals surface area contributed by atoms with Crippen molar-refractivity contribution in [2.24, 2.45) is 0 Å². The van der Waals surface area contributed by atoms with Crippen LogP contribution in [0.3, 0.4) is 0 Å². The summed E-state index contributed by atoms with van der Waals surface area (Å²) in [6, 6.07) is 25.2. The third-order valence-electron chi connectivity index (χ3n) is 5.44. The lowest BCUT2D eigenvalue weighted by atomic mass is 9.89. The smallest absolute Gasteiger partial charge is 0.0628 e. The maximum absolute atomic E-state index is 11.0. The Balaban J connectivity index is 1.74. The highest BCUT2D eigenvalue weighted by atomic mass is 16.3. The van der Waals surface area contributed by atoms with Gasteiger partial charge >= 0.3 is 0 Å². The Bertz CT molecular complexity index is 850. The molecule has 0 amide bonds. The number of rotatable bonds is 8. The third-order valence-corrected chi connectivity index (χ3v) is 5.44. The molecule has 3 aromatic carbocycles. The molecular weight excluding hydrogens is 342 g/mol. The fraction of sp³-hybridized carbons (Fsp3) is 0.308. The van der Waals surface area contributed by atoms with E-state index in [1.165, 1.54) is 33.5 Å². The summed E-state index contributed by atoms with van der Waals surface area (Å²) in [6.45, 7) is 7.13. The van der Waals surface area contributed by atoms with E-state index in [4.69, 9.17) is 0 Å². The van der Waals surface area contributed by atoms with E-state index in [1.54, 1.807) is 0 Å².